The van der Waals surface area contributed by atoms with Crippen molar-refractivity contribution in [3.63, 3.8) is 0 Å². The lowest BCUT2D eigenvalue weighted by atomic mass is 10.1. The summed E-state index contributed by atoms with van der Waals surface area (Å²) in [6.07, 6.45) is 0.794. The van der Waals surface area contributed by atoms with Crippen LogP contribution in [-0.2, 0) is 11.3 Å². The first-order valence-electron chi connectivity index (χ1n) is 10.9. The van der Waals surface area contributed by atoms with E-state index in [1.54, 1.807) is 12.1 Å². The van der Waals surface area contributed by atoms with Crippen molar-refractivity contribution < 1.29 is 19.0 Å². The van der Waals surface area contributed by atoms with Crippen molar-refractivity contribution in [3.05, 3.63) is 58.6 Å². The molecule has 0 bridgehead atoms. The number of hydrogen-bond donors (Lipinski definition) is 1. The van der Waals surface area contributed by atoms with Crippen molar-refractivity contribution in [2.45, 2.75) is 32.9 Å². The van der Waals surface area contributed by atoms with Crippen molar-refractivity contribution in [1.29, 1.82) is 0 Å². The molecular formula is C24H31ClN2O4. The first kappa shape index (κ1) is 23.4. The van der Waals surface area contributed by atoms with Crippen LogP contribution in [0.15, 0.2) is 42.5 Å². The van der Waals surface area contributed by atoms with Gasteiger partial charge in [-0.3, -0.25) is 9.69 Å². The van der Waals surface area contributed by atoms with Gasteiger partial charge in [-0.25, -0.2) is 0 Å². The van der Waals surface area contributed by atoms with Crippen LogP contribution in [0.4, 0.5) is 0 Å². The summed E-state index contributed by atoms with van der Waals surface area (Å²) in [6, 6.07) is 13.7. The average molecular weight is 447 g/mol. The molecule has 0 radical (unpaired) electrons. The molecule has 31 heavy (non-hydrogen) atoms. The van der Waals surface area contributed by atoms with Crippen LogP contribution in [0.3, 0.4) is 0 Å². The van der Waals surface area contributed by atoms with Crippen molar-refractivity contribution in [2.75, 3.05) is 39.5 Å². The Labute approximate surface area is 189 Å². The molecule has 0 aromatic heterocycles. The maximum atomic E-state index is 12.8. The normalized spacial score (nSPS) is 16.7. The van der Waals surface area contributed by atoms with E-state index < -0.39 is 0 Å². The lowest BCUT2D eigenvalue weighted by molar-refractivity contribution is -0.0292. The number of hydrogen-bond acceptors (Lipinski definition) is 5. The number of nitrogens with zero attached hydrogens (tertiary/aromatic N) is 1. The minimum atomic E-state index is -0.214. The number of rotatable bonds is 10. The Hall–Kier alpha value is -2.28. The molecule has 7 heteroatoms. The molecule has 1 saturated heterocycles. The summed E-state index contributed by atoms with van der Waals surface area (Å²) in [5, 5.41) is 3.33. The second kappa shape index (κ2) is 11.9. The van der Waals surface area contributed by atoms with Gasteiger partial charge >= 0.3 is 0 Å². The maximum Gasteiger partial charge on any atom is 0.251 e. The van der Waals surface area contributed by atoms with Gasteiger partial charge in [-0.2, -0.15) is 0 Å². The smallest absolute Gasteiger partial charge is 0.251 e. The van der Waals surface area contributed by atoms with Gasteiger partial charge in [-0.1, -0.05) is 48.9 Å². The van der Waals surface area contributed by atoms with Gasteiger partial charge in [0, 0.05) is 31.7 Å². The zero-order chi connectivity index (χ0) is 22.1. The minimum absolute atomic E-state index is 0.0598. The average Bonchev–Trinajstić information content (AvgIpc) is 2.78. The molecule has 1 aliphatic rings. The molecule has 0 spiro atoms. The van der Waals surface area contributed by atoms with Gasteiger partial charge < -0.3 is 19.5 Å². The van der Waals surface area contributed by atoms with Gasteiger partial charge in [0.15, 0.2) is 11.5 Å². The molecule has 0 unspecified atom stereocenters. The Morgan fingerprint density at radius 3 is 2.77 bits per heavy atom. The topological polar surface area (TPSA) is 60.0 Å². The summed E-state index contributed by atoms with van der Waals surface area (Å²) in [6.45, 7) is 8.49. The second-order valence-electron chi connectivity index (χ2n) is 7.49. The van der Waals surface area contributed by atoms with E-state index in [1.807, 2.05) is 32.0 Å². The van der Waals surface area contributed by atoms with E-state index in [1.165, 1.54) is 5.56 Å². The van der Waals surface area contributed by atoms with Crippen LogP contribution in [0.1, 0.15) is 36.2 Å². The molecule has 1 heterocycles. The molecule has 6 nitrogen and oxygen atoms in total. The van der Waals surface area contributed by atoms with Crippen molar-refractivity contribution in [3.8, 4) is 11.5 Å². The minimum Gasteiger partial charge on any atom is -0.490 e. The van der Waals surface area contributed by atoms with Crippen LogP contribution in [0.5, 0.6) is 11.5 Å². The number of nitrogens with one attached hydrogen (secondary N) is 1. The van der Waals surface area contributed by atoms with Crippen LogP contribution < -0.4 is 14.8 Å². The fourth-order valence-electron chi connectivity index (χ4n) is 3.50. The number of carbonyl (C=O) groups is 1. The third-order valence-electron chi connectivity index (χ3n) is 4.98. The highest BCUT2D eigenvalue weighted by atomic mass is 35.5. The van der Waals surface area contributed by atoms with Gasteiger partial charge in [-0.15, -0.1) is 0 Å². The second-order valence-corrected chi connectivity index (χ2v) is 7.90. The maximum absolute atomic E-state index is 12.8. The molecular weight excluding hydrogens is 416 g/mol. The largest absolute Gasteiger partial charge is 0.490 e. The van der Waals surface area contributed by atoms with Gasteiger partial charge in [-0.05, 0) is 31.0 Å². The fourth-order valence-corrected chi connectivity index (χ4v) is 3.77. The number of ether oxygens (including phenoxy) is 3. The zero-order valence-electron chi connectivity index (χ0n) is 18.2. The van der Waals surface area contributed by atoms with Gasteiger partial charge in [0.25, 0.3) is 5.91 Å². The number of carbonyl (C=O) groups excluding carboxylic acids is 1. The Kier molecular flexibility index (Phi) is 9.00. The van der Waals surface area contributed by atoms with E-state index in [2.05, 4.69) is 22.3 Å². The van der Waals surface area contributed by atoms with Crippen molar-refractivity contribution in [2.24, 2.45) is 0 Å². The third kappa shape index (κ3) is 6.86. The Morgan fingerprint density at radius 1 is 1.23 bits per heavy atom. The van der Waals surface area contributed by atoms with E-state index in [0.717, 1.165) is 26.1 Å². The lowest BCUT2D eigenvalue weighted by Gasteiger charge is -2.33. The Bertz CT molecular complexity index is 847. The predicted octanol–water partition coefficient (Wildman–Crippen LogP) is 4.16. The SMILES string of the molecule is CCCOc1c(Cl)cc(C(=O)NC[C@H]2CN(Cc3ccccc3)CCO2)cc1OCC. The van der Waals surface area contributed by atoms with E-state index in [9.17, 15) is 4.79 Å². The van der Waals surface area contributed by atoms with Gasteiger partial charge in [0.1, 0.15) is 0 Å². The highest BCUT2D eigenvalue weighted by Gasteiger charge is 2.22. The van der Waals surface area contributed by atoms with E-state index >= 15 is 0 Å². The third-order valence-corrected chi connectivity index (χ3v) is 5.27. The number of morpholine rings is 1. The molecule has 168 valence electrons. The molecule has 1 fully saturated rings. The highest BCUT2D eigenvalue weighted by Crippen LogP contribution is 2.36. The molecule has 2 aromatic carbocycles. The van der Waals surface area contributed by atoms with Crippen LogP contribution in [-0.4, -0.2) is 56.4 Å². The number of halogens is 1. The monoisotopic (exact) mass is 446 g/mol. The summed E-state index contributed by atoms with van der Waals surface area (Å²) in [7, 11) is 0. The molecule has 1 amide bonds. The first-order valence-corrected chi connectivity index (χ1v) is 11.2. The quantitative estimate of drug-likeness (QED) is 0.593. The van der Waals surface area contributed by atoms with Crippen molar-refractivity contribution >= 4 is 17.5 Å². The van der Waals surface area contributed by atoms with Crippen LogP contribution in [0.2, 0.25) is 5.02 Å². The number of amides is 1. The summed E-state index contributed by atoms with van der Waals surface area (Å²) in [4.78, 5) is 15.1. The fraction of sp³-hybridized carbons (Fsp3) is 0.458. The highest BCUT2D eigenvalue weighted by molar-refractivity contribution is 6.32. The Balaban J connectivity index is 1.58. The lowest BCUT2D eigenvalue weighted by Crippen LogP contribution is -2.47. The van der Waals surface area contributed by atoms with Gasteiger partial charge in [0.2, 0.25) is 0 Å². The van der Waals surface area contributed by atoms with Crippen LogP contribution >= 0.6 is 11.6 Å². The van der Waals surface area contributed by atoms with E-state index in [0.29, 0.717) is 48.5 Å². The first-order chi connectivity index (χ1) is 15.1. The summed E-state index contributed by atoms with van der Waals surface area (Å²) >= 11 is 6.38. The molecule has 0 aliphatic carbocycles. The number of benzene rings is 2. The zero-order valence-corrected chi connectivity index (χ0v) is 19.0. The Morgan fingerprint density at radius 2 is 2.03 bits per heavy atom. The van der Waals surface area contributed by atoms with E-state index in [-0.39, 0.29) is 12.0 Å². The predicted molar refractivity (Wildman–Crippen MR) is 122 cm³/mol. The standard InChI is InChI=1S/C24H31ClN2O4/c1-3-11-31-23-21(25)13-19(14-22(23)29-4-2)24(28)26-15-20-17-27(10-12-30-20)16-18-8-6-5-7-9-18/h5-9,13-14,20H,3-4,10-12,15-17H2,1-2H3,(H,26,28)/t20-/m0/s1. The molecule has 2 aromatic rings. The molecule has 1 N–H and O–H groups in total. The molecule has 1 atom stereocenters. The van der Waals surface area contributed by atoms with E-state index in [4.69, 9.17) is 25.8 Å². The van der Waals surface area contributed by atoms with Gasteiger partial charge in [0.05, 0.1) is 30.9 Å². The molecule has 0 saturated carbocycles. The van der Waals surface area contributed by atoms with Crippen molar-refractivity contribution in [1.82, 2.24) is 10.2 Å². The molecule has 1 aliphatic heterocycles. The summed E-state index contributed by atoms with van der Waals surface area (Å²) in [5.41, 5.74) is 1.71. The molecule has 3 rings (SSSR count). The van der Waals surface area contributed by atoms with Crippen LogP contribution in [0.25, 0.3) is 0 Å². The summed E-state index contributed by atoms with van der Waals surface area (Å²) < 4.78 is 17.2. The van der Waals surface area contributed by atoms with Crippen LogP contribution in [0, 0.1) is 0 Å². The summed E-state index contributed by atoms with van der Waals surface area (Å²) in [5.74, 6) is 0.749.